The summed E-state index contributed by atoms with van der Waals surface area (Å²) in [6, 6.07) is 8.54. The highest BCUT2D eigenvalue weighted by atomic mass is 32.1. The fourth-order valence-corrected chi connectivity index (χ4v) is 4.79. The van der Waals surface area contributed by atoms with E-state index in [4.69, 9.17) is 4.74 Å². The predicted octanol–water partition coefficient (Wildman–Crippen LogP) is 4.65. The summed E-state index contributed by atoms with van der Waals surface area (Å²) in [5.74, 6) is 0.486. The van der Waals surface area contributed by atoms with Crippen molar-refractivity contribution in [1.29, 1.82) is 0 Å². The summed E-state index contributed by atoms with van der Waals surface area (Å²) in [6.07, 6.45) is 0. The fraction of sp³-hybridized carbons (Fsp3) is 0.400. The maximum absolute atomic E-state index is 13.3. The number of thiophene rings is 1. The highest BCUT2D eigenvalue weighted by Gasteiger charge is 2.25. The van der Waals surface area contributed by atoms with Gasteiger partial charge in [-0.25, -0.2) is 4.98 Å². The highest BCUT2D eigenvalue weighted by Crippen LogP contribution is 2.33. The topological polar surface area (TPSA) is 88.8 Å². The van der Waals surface area contributed by atoms with Crippen LogP contribution in [0.2, 0.25) is 0 Å². The minimum Gasteiger partial charge on any atom is -0.494 e. The number of ether oxygens (including phenoxy) is 1. The van der Waals surface area contributed by atoms with Crippen LogP contribution >= 0.6 is 22.7 Å². The molecule has 10 heteroatoms. The molecule has 1 amide bonds. The van der Waals surface area contributed by atoms with E-state index in [1.165, 1.54) is 23.5 Å². The van der Waals surface area contributed by atoms with Gasteiger partial charge < -0.3 is 9.64 Å². The summed E-state index contributed by atoms with van der Waals surface area (Å²) in [5.41, 5.74) is 0.788. The Hall–Kier alpha value is -2.56. The van der Waals surface area contributed by atoms with Gasteiger partial charge in [0.2, 0.25) is 0 Å². The Morgan fingerprint density at radius 1 is 1.13 bits per heavy atom. The number of likely N-dealkylation sites (N-methyl/N-ethyl adjacent to an activating group) is 1. The van der Waals surface area contributed by atoms with Gasteiger partial charge in [0.1, 0.15) is 5.75 Å². The SMILES string of the molecule is CCOc1ccc2nc(N(CCN(CC)CC)C(=O)c3ccc([N+](=O)[O-])s3)sc2c1. The Kier molecular flexibility index (Phi) is 7.35. The molecule has 2 heterocycles. The average molecular weight is 449 g/mol. The molecule has 0 aliphatic heterocycles. The number of nitro groups is 1. The molecular formula is C20H24N4O4S2. The van der Waals surface area contributed by atoms with Gasteiger partial charge in [0, 0.05) is 19.2 Å². The van der Waals surface area contributed by atoms with E-state index in [2.05, 4.69) is 23.7 Å². The van der Waals surface area contributed by atoms with E-state index in [1.807, 2.05) is 25.1 Å². The van der Waals surface area contributed by atoms with Crippen molar-refractivity contribution in [2.75, 3.05) is 37.7 Å². The van der Waals surface area contributed by atoms with Crippen molar-refractivity contribution >= 4 is 48.9 Å². The Bertz CT molecular complexity index is 1030. The van der Waals surface area contributed by atoms with Gasteiger partial charge in [-0.05, 0) is 44.3 Å². The predicted molar refractivity (Wildman–Crippen MR) is 121 cm³/mol. The zero-order chi connectivity index (χ0) is 21.7. The van der Waals surface area contributed by atoms with Crippen LogP contribution in [0.3, 0.4) is 0 Å². The minimum atomic E-state index is -0.478. The van der Waals surface area contributed by atoms with Crippen molar-refractivity contribution in [3.8, 4) is 5.75 Å². The second kappa shape index (κ2) is 9.96. The molecule has 0 saturated heterocycles. The first-order valence-corrected chi connectivity index (χ1v) is 11.4. The molecule has 0 N–H and O–H groups in total. The largest absolute Gasteiger partial charge is 0.494 e. The molecule has 0 unspecified atom stereocenters. The lowest BCUT2D eigenvalue weighted by atomic mass is 10.3. The molecule has 0 spiro atoms. The van der Waals surface area contributed by atoms with Crippen molar-refractivity contribution in [3.63, 3.8) is 0 Å². The molecule has 30 heavy (non-hydrogen) atoms. The third-order valence-corrected chi connectivity index (χ3v) is 6.72. The zero-order valence-corrected chi connectivity index (χ0v) is 18.8. The number of carbonyl (C=O) groups is 1. The van der Waals surface area contributed by atoms with Crippen LogP contribution in [0.4, 0.5) is 10.1 Å². The van der Waals surface area contributed by atoms with Crippen LogP contribution in [0.5, 0.6) is 5.75 Å². The van der Waals surface area contributed by atoms with Gasteiger partial charge in [-0.3, -0.25) is 19.8 Å². The van der Waals surface area contributed by atoms with Crippen LogP contribution < -0.4 is 9.64 Å². The lowest BCUT2D eigenvalue weighted by Crippen LogP contribution is -2.38. The minimum absolute atomic E-state index is 0.0484. The van der Waals surface area contributed by atoms with Gasteiger partial charge in [0.05, 0.1) is 26.6 Å². The highest BCUT2D eigenvalue weighted by molar-refractivity contribution is 7.22. The molecule has 0 bridgehead atoms. The van der Waals surface area contributed by atoms with Gasteiger partial charge in [-0.15, -0.1) is 0 Å². The fourth-order valence-electron chi connectivity index (χ4n) is 3.00. The molecular weight excluding hydrogens is 424 g/mol. The van der Waals surface area contributed by atoms with Crippen molar-refractivity contribution < 1.29 is 14.5 Å². The molecule has 0 radical (unpaired) electrons. The summed E-state index contributed by atoms with van der Waals surface area (Å²) in [7, 11) is 0. The summed E-state index contributed by atoms with van der Waals surface area (Å²) < 4.78 is 6.49. The third-order valence-electron chi connectivity index (χ3n) is 4.65. The monoisotopic (exact) mass is 448 g/mol. The van der Waals surface area contributed by atoms with Crippen LogP contribution in [0.15, 0.2) is 30.3 Å². The maximum atomic E-state index is 13.3. The van der Waals surface area contributed by atoms with Gasteiger partial charge in [-0.2, -0.15) is 0 Å². The number of carbonyl (C=O) groups excluding carboxylic acids is 1. The van der Waals surface area contributed by atoms with Gasteiger partial charge in [0.15, 0.2) is 5.13 Å². The molecule has 3 rings (SSSR count). The number of hydrogen-bond donors (Lipinski definition) is 0. The summed E-state index contributed by atoms with van der Waals surface area (Å²) in [4.78, 5) is 32.6. The Morgan fingerprint density at radius 2 is 1.90 bits per heavy atom. The van der Waals surface area contributed by atoms with Crippen LogP contribution in [0.25, 0.3) is 10.2 Å². The quantitative estimate of drug-likeness (QED) is 0.331. The Morgan fingerprint density at radius 3 is 2.53 bits per heavy atom. The number of benzene rings is 1. The number of aromatic nitrogens is 1. The Labute approximate surface area is 182 Å². The first kappa shape index (κ1) is 22.1. The summed E-state index contributed by atoms with van der Waals surface area (Å²) in [6.45, 7) is 9.53. The van der Waals surface area contributed by atoms with E-state index in [-0.39, 0.29) is 10.9 Å². The van der Waals surface area contributed by atoms with Crippen molar-refractivity contribution in [2.24, 2.45) is 0 Å². The number of amides is 1. The van der Waals surface area contributed by atoms with Crippen molar-refractivity contribution in [1.82, 2.24) is 9.88 Å². The molecule has 8 nitrogen and oxygen atoms in total. The number of thiazole rings is 1. The number of fused-ring (bicyclic) bond motifs is 1. The first-order valence-electron chi connectivity index (χ1n) is 9.78. The van der Waals surface area contributed by atoms with E-state index in [9.17, 15) is 14.9 Å². The molecule has 3 aromatic rings. The number of nitrogens with zero attached hydrogens (tertiary/aromatic N) is 4. The summed E-state index contributed by atoms with van der Waals surface area (Å²) in [5, 5.41) is 11.6. The average Bonchev–Trinajstić information content (AvgIpc) is 3.38. The Balaban J connectivity index is 1.94. The van der Waals surface area contributed by atoms with Crippen molar-refractivity contribution in [3.05, 3.63) is 45.3 Å². The van der Waals surface area contributed by atoms with Crippen molar-refractivity contribution in [2.45, 2.75) is 20.8 Å². The lowest BCUT2D eigenvalue weighted by molar-refractivity contribution is -0.380. The van der Waals surface area contributed by atoms with Gasteiger partial charge in [0.25, 0.3) is 5.91 Å². The zero-order valence-electron chi connectivity index (χ0n) is 17.2. The van der Waals surface area contributed by atoms with E-state index in [1.54, 1.807) is 4.90 Å². The van der Waals surface area contributed by atoms with Gasteiger partial charge in [-0.1, -0.05) is 36.5 Å². The lowest BCUT2D eigenvalue weighted by Gasteiger charge is -2.24. The summed E-state index contributed by atoms with van der Waals surface area (Å²) >= 11 is 2.30. The van der Waals surface area contributed by atoms with Crippen LogP contribution in [-0.2, 0) is 0 Å². The number of anilines is 1. The normalized spacial score (nSPS) is 11.2. The van der Waals surface area contributed by atoms with E-state index >= 15 is 0 Å². The first-order chi connectivity index (χ1) is 14.5. The molecule has 0 aliphatic rings. The molecule has 160 valence electrons. The molecule has 0 atom stereocenters. The standard InChI is InChI=1S/C20H24N4O4S2/c1-4-22(5-2)11-12-23(19(25)16-9-10-18(29-16)24(26)27)20-21-15-8-7-14(28-6-3)13-17(15)30-20/h7-10,13H,4-6,11-12H2,1-3H3. The van der Waals surface area contributed by atoms with Gasteiger partial charge >= 0.3 is 5.00 Å². The van der Waals surface area contributed by atoms with E-state index in [0.29, 0.717) is 29.7 Å². The van der Waals surface area contributed by atoms with E-state index < -0.39 is 4.92 Å². The van der Waals surface area contributed by atoms with Crippen LogP contribution in [0.1, 0.15) is 30.4 Å². The third kappa shape index (κ3) is 4.94. The van der Waals surface area contributed by atoms with E-state index in [0.717, 1.165) is 40.4 Å². The molecule has 0 saturated carbocycles. The van der Waals surface area contributed by atoms with Crippen LogP contribution in [-0.4, -0.2) is 53.5 Å². The molecule has 1 aromatic carbocycles. The smallest absolute Gasteiger partial charge is 0.324 e. The molecule has 2 aromatic heterocycles. The number of rotatable bonds is 10. The second-order valence-corrected chi connectivity index (χ2v) is 8.51. The second-order valence-electron chi connectivity index (χ2n) is 6.44. The molecule has 0 fully saturated rings. The number of hydrogen-bond acceptors (Lipinski definition) is 8. The maximum Gasteiger partial charge on any atom is 0.324 e. The van der Waals surface area contributed by atoms with Crippen LogP contribution in [0, 0.1) is 10.1 Å². The molecule has 0 aliphatic carbocycles.